The lowest BCUT2D eigenvalue weighted by atomic mass is 10.2. The van der Waals surface area contributed by atoms with Gasteiger partial charge in [-0.2, -0.15) is 21.6 Å². The average Bonchev–Trinajstić information content (AvgIpc) is 3.09. The second-order valence-electron chi connectivity index (χ2n) is 8.73. The number of nitrogens with zero attached hydrogens (tertiary/aromatic N) is 3. The fraction of sp³-hybridized carbons (Fsp3) is 0.591. The summed E-state index contributed by atoms with van der Waals surface area (Å²) in [6.45, 7) is 8.55. The van der Waals surface area contributed by atoms with Gasteiger partial charge < -0.3 is 18.1 Å². The predicted octanol–water partition coefficient (Wildman–Crippen LogP) is 4.34. The summed E-state index contributed by atoms with van der Waals surface area (Å²) in [6.07, 6.45) is 0.0910. The van der Waals surface area contributed by atoms with Crippen LogP contribution in [0.15, 0.2) is 16.5 Å². The number of methoxy groups -OCH3 is 1. The van der Waals surface area contributed by atoms with E-state index in [1.807, 2.05) is 6.92 Å². The first-order chi connectivity index (χ1) is 16.6. The van der Waals surface area contributed by atoms with E-state index in [1.165, 1.54) is 7.11 Å². The molecule has 2 heterocycles. The topological polar surface area (TPSA) is 121 Å². The summed E-state index contributed by atoms with van der Waals surface area (Å²) in [5.74, 6) is 0.230. The Morgan fingerprint density at radius 1 is 1.14 bits per heavy atom. The summed E-state index contributed by atoms with van der Waals surface area (Å²) in [5, 5.41) is 0. The van der Waals surface area contributed by atoms with Crippen molar-refractivity contribution in [3.05, 3.63) is 35.2 Å². The molecule has 1 amide bonds. The first-order valence-corrected chi connectivity index (χ1v) is 12.4. The number of alkyl halides is 3. The minimum atomic E-state index is -5.97. The van der Waals surface area contributed by atoms with Crippen LogP contribution in [0.5, 0.6) is 5.75 Å². The maximum atomic E-state index is 13.0. The van der Waals surface area contributed by atoms with E-state index in [-0.39, 0.29) is 37.5 Å². The van der Waals surface area contributed by atoms with Gasteiger partial charge in [0.1, 0.15) is 22.9 Å². The van der Waals surface area contributed by atoms with Gasteiger partial charge in [0.05, 0.1) is 18.8 Å². The van der Waals surface area contributed by atoms with Gasteiger partial charge in [-0.3, -0.25) is 4.90 Å². The Bertz CT molecular complexity index is 1160. The van der Waals surface area contributed by atoms with Crippen LogP contribution in [0.1, 0.15) is 50.7 Å². The third-order valence-electron chi connectivity index (χ3n) is 4.59. The highest BCUT2D eigenvalue weighted by molar-refractivity contribution is 7.88. The summed E-state index contributed by atoms with van der Waals surface area (Å²) in [7, 11) is -4.57. The Morgan fingerprint density at radius 3 is 2.33 bits per heavy atom. The molecule has 0 radical (unpaired) electrons. The van der Waals surface area contributed by atoms with Crippen molar-refractivity contribution in [1.82, 2.24) is 9.97 Å². The van der Waals surface area contributed by atoms with Gasteiger partial charge in [-0.05, 0) is 34.1 Å². The van der Waals surface area contributed by atoms with Crippen molar-refractivity contribution < 1.29 is 44.5 Å². The fourth-order valence-electron chi connectivity index (χ4n) is 2.99. The molecule has 0 aromatic carbocycles. The van der Waals surface area contributed by atoms with E-state index in [1.54, 1.807) is 27.7 Å². The Kier molecular flexibility index (Phi) is 9.34. The molecule has 0 bridgehead atoms. The molecule has 0 fully saturated rings. The van der Waals surface area contributed by atoms with Crippen molar-refractivity contribution >= 4 is 22.0 Å². The molecule has 0 spiro atoms. The van der Waals surface area contributed by atoms with Gasteiger partial charge in [-0.1, -0.05) is 6.92 Å². The largest absolute Gasteiger partial charge is 0.534 e. The number of ether oxygens (including phenoxy) is 2. The van der Waals surface area contributed by atoms with E-state index in [2.05, 4.69) is 14.2 Å². The molecule has 0 unspecified atom stereocenters. The first-order valence-electron chi connectivity index (χ1n) is 11.0. The van der Waals surface area contributed by atoms with E-state index < -0.39 is 33.1 Å². The standard InChI is InChI=1S/C22H30F3N3O7S/c1-7-17-14(2)26-19(33-17)9-8-15-12-16(35-36(30,31)22(23,24)25)13-18(27-15)28(10-11-32-6)20(29)34-21(3,4)5/h12-13H,7-11H2,1-6H3. The highest BCUT2D eigenvalue weighted by Crippen LogP contribution is 2.30. The average molecular weight is 538 g/mol. The van der Waals surface area contributed by atoms with Gasteiger partial charge in [-0.25, -0.2) is 14.8 Å². The predicted molar refractivity (Wildman–Crippen MR) is 123 cm³/mol. The van der Waals surface area contributed by atoms with Crippen molar-refractivity contribution in [3.8, 4) is 5.75 Å². The summed E-state index contributed by atoms with van der Waals surface area (Å²) in [6, 6.07) is 1.96. The SMILES string of the molecule is CCc1oc(CCc2cc(OS(=O)(=O)C(F)(F)F)cc(N(CCOC)C(=O)OC(C)(C)C)n2)nc1C. The molecule has 2 rings (SSSR count). The number of pyridine rings is 1. The normalized spacial score (nSPS) is 12.5. The first kappa shape index (κ1) is 29.4. The molecule has 2 aromatic heterocycles. The highest BCUT2D eigenvalue weighted by Gasteiger charge is 2.48. The van der Waals surface area contributed by atoms with Crippen molar-refractivity contribution in [3.63, 3.8) is 0 Å². The number of halogens is 3. The van der Waals surface area contributed by atoms with Crippen molar-refractivity contribution in [1.29, 1.82) is 0 Å². The van der Waals surface area contributed by atoms with Crippen LogP contribution in [0.25, 0.3) is 0 Å². The lowest BCUT2D eigenvalue weighted by Gasteiger charge is -2.27. The van der Waals surface area contributed by atoms with Gasteiger partial charge in [0.15, 0.2) is 5.89 Å². The molecule has 36 heavy (non-hydrogen) atoms. The number of amides is 1. The van der Waals surface area contributed by atoms with E-state index in [0.717, 1.165) is 17.0 Å². The van der Waals surface area contributed by atoms with Crippen molar-refractivity contribution in [2.75, 3.05) is 25.2 Å². The molecular formula is C22H30F3N3O7S. The van der Waals surface area contributed by atoms with Crippen LogP contribution in [0.4, 0.5) is 23.8 Å². The van der Waals surface area contributed by atoms with Gasteiger partial charge >= 0.3 is 21.7 Å². The van der Waals surface area contributed by atoms with Crippen LogP contribution in [-0.4, -0.2) is 55.8 Å². The van der Waals surface area contributed by atoms with Crippen molar-refractivity contribution in [2.24, 2.45) is 0 Å². The number of rotatable bonds is 10. The van der Waals surface area contributed by atoms with Crippen molar-refractivity contribution in [2.45, 2.75) is 65.0 Å². The number of oxazole rings is 1. The van der Waals surface area contributed by atoms with E-state index in [9.17, 15) is 26.4 Å². The molecule has 0 N–H and O–H groups in total. The minimum absolute atomic E-state index is 0.0393. The summed E-state index contributed by atoms with van der Waals surface area (Å²) in [4.78, 5) is 22.5. The maximum absolute atomic E-state index is 13.0. The number of aromatic nitrogens is 2. The molecule has 10 nitrogen and oxygen atoms in total. The minimum Gasteiger partial charge on any atom is -0.445 e. The molecule has 0 atom stereocenters. The zero-order valence-electron chi connectivity index (χ0n) is 20.9. The number of carbonyl (C=O) groups is 1. The van der Waals surface area contributed by atoms with Crippen LogP contribution in [-0.2, 0) is 38.9 Å². The van der Waals surface area contributed by atoms with Gasteiger partial charge in [0.25, 0.3) is 0 Å². The smallest absolute Gasteiger partial charge is 0.445 e. The quantitative estimate of drug-likeness (QED) is 0.322. The third kappa shape index (κ3) is 8.08. The second-order valence-corrected chi connectivity index (χ2v) is 10.3. The second kappa shape index (κ2) is 11.5. The molecule has 0 saturated heterocycles. The molecule has 14 heteroatoms. The number of anilines is 1. The lowest BCUT2D eigenvalue weighted by molar-refractivity contribution is -0.0500. The van der Waals surface area contributed by atoms with Gasteiger partial charge in [0, 0.05) is 37.8 Å². The molecule has 2 aromatic rings. The van der Waals surface area contributed by atoms with Gasteiger partial charge in [0.2, 0.25) is 0 Å². The Balaban J connectivity index is 2.49. The molecule has 202 valence electrons. The van der Waals surface area contributed by atoms with Crippen LogP contribution in [0.2, 0.25) is 0 Å². The third-order valence-corrected chi connectivity index (χ3v) is 5.57. The monoisotopic (exact) mass is 537 g/mol. The molecule has 0 aliphatic carbocycles. The Labute approximate surface area is 207 Å². The Morgan fingerprint density at radius 2 is 1.81 bits per heavy atom. The maximum Gasteiger partial charge on any atom is 0.534 e. The lowest BCUT2D eigenvalue weighted by Crippen LogP contribution is -2.39. The molecule has 0 aliphatic heterocycles. The molecular weight excluding hydrogens is 507 g/mol. The van der Waals surface area contributed by atoms with Gasteiger partial charge in [-0.15, -0.1) is 0 Å². The van der Waals surface area contributed by atoms with E-state index >= 15 is 0 Å². The van der Waals surface area contributed by atoms with Crippen LogP contribution < -0.4 is 9.08 Å². The molecule has 0 aliphatic rings. The number of aryl methyl sites for hydroxylation is 4. The van der Waals surface area contributed by atoms with Crippen LogP contribution in [0, 0.1) is 6.92 Å². The summed E-state index contributed by atoms with van der Waals surface area (Å²) in [5.41, 5.74) is -5.69. The zero-order chi connectivity index (χ0) is 27.3. The number of hydrogen-bond donors (Lipinski definition) is 0. The van der Waals surface area contributed by atoms with E-state index in [0.29, 0.717) is 23.8 Å². The summed E-state index contributed by atoms with van der Waals surface area (Å²) >= 11 is 0. The summed E-state index contributed by atoms with van der Waals surface area (Å²) < 4.78 is 82.5. The zero-order valence-corrected chi connectivity index (χ0v) is 21.7. The Hall–Kier alpha value is -2.87. The van der Waals surface area contributed by atoms with Crippen LogP contribution >= 0.6 is 0 Å². The number of carbonyl (C=O) groups excluding carboxylic acids is 1. The number of hydrogen-bond acceptors (Lipinski definition) is 9. The van der Waals surface area contributed by atoms with Crippen LogP contribution in [0.3, 0.4) is 0 Å². The molecule has 0 saturated carbocycles. The fourth-order valence-corrected chi connectivity index (χ4v) is 3.43. The highest BCUT2D eigenvalue weighted by atomic mass is 32.2. The van der Waals surface area contributed by atoms with E-state index in [4.69, 9.17) is 13.9 Å².